The Balaban J connectivity index is 2.03. The van der Waals surface area contributed by atoms with Gasteiger partial charge in [-0.25, -0.2) is 4.99 Å². The number of nitrogens with two attached hydrogens (primary N) is 1. The molecule has 1 fully saturated rings. The van der Waals surface area contributed by atoms with Gasteiger partial charge < -0.3 is 20.5 Å². The molecule has 0 saturated carbocycles. The fourth-order valence-corrected chi connectivity index (χ4v) is 4.14. The summed E-state index contributed by atoms with van der Waals surface area (Å²) in [7, 11) is 0. The second kappa shape index (κ2) is 5.06. The van der Waals surface area contributed by atoms with Crippen LogP contribution in [0.4, 0.5) is 0 Å². The first-order valence-electron chi connectivity index (χ1n) is 8.02. The maximum atomic E-state index is 10.2. The van der Waals surface area contributed by atoms with E-state index in [4.69, 9.17) is 15.2 Å². The monoisotopic (exact) mass is 335 g/mol. The average Bonchev–Trinajstić information content (AvgIpc) is 3.18. The number of benzene rings is 1. The summed E-state index contributed by atoms with van der Waals surface area (Å²) in [5.41, 5.74) is 4.92. The summed E-state index contributed by atoms with van der Waals surface area (Å²) in [5.74, 6) is -1.54. The van der Waals surface area contributed by atoms with E-state index in [0.717, 1.165) is 11.3 Å². The quantitative estimate of drug-likeness (QED) is 0.799. The van der Waals surface area contributed by atoms with Gasteiger partial charge in [-0.1, -0.05) is 30.3 Å². The van der Waals surface area contributed by atoms with Crippen molar-refractivity contribution in [3.8, 4) is 12.1 Å². The molecule has 3 aliphatic heterocycles. The molecule has 126 valence electrons. The van der Waals surface area contributed by atoms with E-state index < -0.39 is 22.8 Å². The van der Waals surface area contributed by atoms with E-state index in [1.165, 1.54) is 0 Å². The number of hydrogen-bond acceptors (Lipinski definition) is 7. The highest BCUT2D eigenvalue weighted by Gasteiger charge is 2.77. The maximum absolute atomic E-state index is 10.2. The van der Waals surface area contributed by atoms with Crippen LogP contribution in [0.2, 0.25) is 0 Å². The molecule has 0 radical (unpaired) electrons. The van der Waals surface area contributed by atoms with Crippen LogP contribution in [-0.2, 0) is 9.47 Å². The van der Waals surface area contributed by atoms with Crippen molar-refractivity contribution in [2.45, 2.75) is 18.9 Å². The van der Waals surface area contributed by atoms with Crippen LogP contribution in [0.1, 0.15) is 18.5 Å². The number of hydrogen-bond donors (Lipinski definition) is 2. The molecule has 1 spiro atoms. The number of nitrogens with one attached hydrogen (secondary N) is 1. The lowest BCUT2D eigenvalue weighted by Crippen LogP contribution is -2.61. The van der Waals surface area contributed by atoms with Gasteiger partial charge >= 0.3 is 0 Å². The van der Waals surface area contributed by atoms with Crippen molar-refractivity contribution in [2.24, 2.45) is 21.6 Å². The molecule has 0 unspecified atom stereocenters. The molecule has 0 aromatic heterocycles. The number of aliphatic imine (C=N–C) groups is 1. The minimum absolute atomic E-state index is 0.0450. The Labute approximate surface area is 145 Å². The topological polar surface area (TPSA) is 116 Å². The Morgan fingerprint density at radius 1 is 1.20 bits per heavy atom. The van der Waals surface area contributed by atoms with Gasteiger partial charge in [0.05, 0.1) is 31.4 Å². The van der Waals surface area contributed by atoms with Crippen molar-refractivity contribution >= 4 is 5.84 Å². The highest BCUT2D eigenvalue weighted by Crippen LogP contribution is 2.63. The number of nitrogens with zero attached hydrogens (tertiary/aromatic N) is 3. The summed E-state index contributed by atoms with van der Waals surface area (Å²) in [5, 5.41) is 23.8. The highest BCUT2D eigenvalue weighted by atomic mass is 16.8. The van der Waals surface area contributed by atoms with Crippen LogP contribution in [0.3, 0.4) is 0 Å². The Morgan fingerprint density at radius 2 is 1.88 bits per heavy atom. The van der Waals surface area contributed by atoms with Crippen molar-refractivity contribution in [1.29, 1.82) is 10.5 Å². The van der Waals surface area contributed by atoms with E-state index in [0.29, 0.717) is 0 Å². The van der Waals surface area contributed by atoms with Gasteiger partial charge in [0.15, 0.2) is 10.8 Å². The van der Waals surface area contributed by atoms with Gasteiger partial charge in [0.25, 0.3) is 5.91 Å². The number of nitriles is 2. The predicted molar refractivity (Wildman–Crippen MR) is 88.4 cm³/mol. The van der Waals surface area contributed by atoms with Crippen molar-refractivity contribution in [2.75, 3.05) is 13.2 Å². The molecule has 4 rings (SSSR count). The molecule has 7 nitrogen and oxygen atoms in total. The van der Waals surface area contributed by atoms with Gasteiger partial charge in [-0.05, 0) is 18.6 Å². The van der Waals surface area contributed by atoms with Gasteiger partial charge in [0.2, 0.25) is 0 Å². The summed E-state index contributed by atoms with van der Waals surface area (Å²) >= 11 is 0. The number of ether oxygens (including phenoxy) is 2. The molecule has 0 bridgehead atoms. The largest absolute Gasteiger partial charge is 0.386 e. The standard InChI is InChI=1S/C18H17N5O2/c1-12-9-16(10-19)17(11-20,14(22-12)13-5-3-2-4-6-13)15(21)23-18(16)24-7-8-25-18/h2-6,9,14,22H,7-8H2,1H3,(H2,21,23)/t14-,16+,17+/m1/s1. The lowest BCUT2D eigenvalue weighted by atomic mass is 9.57. The molecule has 7 heteroatoms. The summed E-state index contributed by atoms with van der Waals surface area (Å²) in [6, 6.07) is 13.5. The molecular weight excluding hydrogens is 318 g/mol. The zero-order chi connectivity index (χ0) is 17.7. The number of allylic oxidation sites excluding steroid dienone is 1. The first kappa shape index (κ1) is 15.6. The molecule has 3 heterocycles. The number of rotatable bonds is 1. The fourth-order valence-electron chi connectivity index (χ4n) is 4.14. The zero-order valence-electron chi connectivity index (χ0n) is 13.7. The van der Waals surface area contributed by atoms with Crippen LogP contribution in [0.25, 0.3) is 0 Å². The summed E-state index contributed by atoms with van der Waals surface area (Å²) in [4.78, 5) is 4.38. The van der Waals surface area contributed by atoms with E-state index >= 15 is 0 Å². The third-order valence-corrected chi connectivity index (χ3v) is 5.19. The smallest absolute Gasteiger partial charge is 0.296 e. The molecule has 0 amide bonds. The van der Waals surface area contributed by atoms with Gasteiger partial charge in [0.1, 0.15) is 5.84 Å². The average molecular weight is 335 g/mol. The van der Waals surface area contributed by atoms with Crippen molar-refractivity contribution in [3.63, 3.8) is 0 Å². The van der Waals surface area contributed by atoms with E-state index in [-0.39, 0.29) is 19.0 Å². The van der Waals surface area contributed by atoms with Crippen molar-refractivity contribution < 1.29 is 9.47 Å². The number of amidine groups is 1. The molecule has 1 saturated heterocycles. The molecule has 1 aromatic rings. The predicted octanol–water partition coefficient (Wildman–Crippen LogP) is 1.33. The van der Waals surface area contributed by atoms with E-state index in [1.54, 1.807) is 6.08 Å². The Bertz CT molecular complexity index is 860. The van der Waals surface area contributed by atoms with Crippen molar-refractivity contribution in [3.05, 3.63) is 47.7 Å². The first-order chi connectivity index (χ1) is 12.1. The lowest BCUT2D eigenvalue weighted by molar-refractivity contribution is -0.208. The van der Waals surface area contributed by atoms with Gasteiger partial charge in [0, 0.05) is 5.70 Å². The molecule has 3 aliphatic rings. The van der Waals surface area contributed by atoms with E-state index in [2.05, 4.69) is 22.4 Å². The summed E-state index contributed by atoms with van der Waals surface area (Å²) < 4.78 is 11.5. The molecule has 25 heavy (non-hydrogen) atoms. The second-order valence-electron chi connectivity index (χ2n) is 6.43. The lowest BCUT2D eigenvalue weighted by Gasteiger charge is -2.47. The zero-order valence-corrected chi connectivity index (χ0v) is 13.7. The van der Waals surface area contributed by atoms with Gasteiger partial charge in [-0.15, -0.1) is 0 Å². The van der Waals surface area contributed by atoms with Crippen LogP contribution in [0.15, 0.2) is 47.1 Å². The van der Waals surface area contributed by atoms with Gasteiger partial charge in [-0.2, -0.15) is 10.5 Å². The molecular formula is C18H17N5O2. The molecule has 3 N–H and O–H groups in total. The SMILES string of the molecule is CC1=C[C@@]2(C#N)C3(N=C(N)[C@]2(C#N)[C@@H](c2ccccc2)N1)OCCO3. The highest BCUT2D eigenvalue weighted by molar-refractivity contribution is 5.95. The number of fused-ring (bicyclic) bond motifs is 2. The summed E-state index contributed by atoms with van der Waals surface area (Å²) in [6.07, 6.45) is 1.67. The third kappa shape index (κ3) is 1.67. The fraction of sp³-hybridized carbons (Fsp3) is 0.389. The van der Waals surface area contributed by atoms with Crippen LogP contribution in [-0.4, -0.2) is 25.0 Å². The van der Waals surface area contributed by atoms with Gasteiger partial charge in [-0.3, -0.25) is 0 Å². The normalized spacial score (nSPS) is 35.1. The molecule has 0 aliphatic carbocycles. The van der Waals surface area contributed by atoms with E-state index in [9.17, 15) is 10.5 Å². The Morgan fingerprint density at radius 3 is 2.48 bits per heavy atom. The van der Waals surface area contributed by atoms with Crippen LogP contribution < -0.4 is 11.1 Å². The van der Waals surface area contributed by atoms with Crippen LogP contribution in [0, 0.1) is 33.5 Å². The first-order valence-corrected chi connectivity index (χ1v) is 8.02. The molecule has 1 aromatic carbocycles. The minimum Gasteiger partial charge on any atom is -0.386 e. The molecule has 3 atom stereocenters. The Hall–Kier alpha value is -2.87. The van der Waals surface area contributed by atoms with Crippen molar-refractivity contribution in [1.82, 2.24) is 5.32 Å². The third-order valence-electron chi connectivity index (χ3n) is 5.19. The maximum Gasteiger partial charge on any atom is 0.296 e. The second-order valence-corrected chi connectivity index (χ2v) is 6.43. The van der Waals surface area contributed by atoms with Crippen LogP contribution >= 0.6 is 0 Å². The minimum atomic E-state index is -1.59. The summed E-state index contributed by atoms with van der Waals surface area (Å²) in [6.45, 7) is 2.42. The Kier molecular flexibility index (Phi) is 3.17. The van der Waals surface area contributed by atoms with E-state index in [1.807, 2.05) is 37.3 Å². The van der Waals surface area contributed by atoms with Crippen LogP contribution in [0.5, 0.6) is 0 Å².